The van der Waals surface area contributed by atoms with Gasteiger partial charge in [0.15, 0.2) is 11.5 Å². The molecule has 0 aliphatic carbocycles. The average Bonchev–Trinajstić information content (AvgIpc) is 3.19. The van der Waals surface area contributed by atoms with Crippen LogP contribution < -0.4 is 18.9 Å². The highest BCUT2D eigenvalue weighted by atomic mass is 32.2. The third kappa shape index (κ3) is 7.57. The maximum Gasteiger partial charge on any atom is 0.293 e. The minimum atomic E-state index is -0.332. The molecule has 7 nitrogen and oxygen atoms in total. The molecule has 0 radical (unpaired) electrons. The fourth-order valence-electron chi connectivity index (χ4n) is 3.86. The second kappa shape index (κ2) is 12.8. The molecule has 0 saturated carbocycles. The maximum absolute atomic E-state index is 12.8. The topological polar surface area (TPSA) is 74.3 Å². The van der Waals surface area contributed by atoms with E-state index >= 15 is 0 Å². The number of hydrogen-bond donors (Lipinski definition) is 0. The van der Waals surface area contributed by atoms with Crippen LogP contribution in [0, 0.1) is 0 Å². The van der Waals surface area contributed by atoms with Gasteiger partial charge in [0.2, 0.25) is 0 Å². The van der Waals surface area contributed by atoms with E-state index in [1.807, 2.05) is 48.5 Å². The Bertz CT molecular complexity index is 1310. The minimum Gasteiger partial charge on any atom is -0.493 e. The van der Waals surface area contributed by atoms with Crippen LogP contribution in [-0.4, -0.2) is 49.5 Å². The summed E-state index contributed by atoms with van der Waals surface area (Å²) in [6.45, 7) is 7.68. The molecule has 1 aliphatic rings. The van der Waals surface area contributed by atoms with Gasteiger partial charge in [0, 0.05) is 0 Å². The normalized spacial score (nSPS) is 14.6. The predicted molar refractivity (Wildman–Crippen MR) is 154 cm³/mol. The number of imide groups is 1. The van der Waals surface area contributed by atoms with Crippen LogP contribution in [0.1, 0.15) is 31.9 Å². The van der Waals surface area contributed by atoms with Crippen molar-refractivity contribution in [2.75, 3.05) is 33.5 Å². The van der Waals surface area contributed by atoms with Gasteiger partial charge < -0.3 is 18.9 Å². The summed E-state index contributed by atoms with van der Waals surface area (Å²) in [4.78, 5) is 26.8. The summed E-state index contributed by atoms with van der Waals surface area (Å²) in [6, 6.07) is 22.7. The van der Waals surface area contributed by atoms with Crippen molar-refractivity contribution >= 4 is 29.0 Å². The van der Waals surface area contributed by atoms with Gasteiger partial charge in [-0.1, -0.05) is 57.2 Å². The van der Waals surface area contributed by atoms with Crippen LogP contribution in [0.15, 0.2) is 77.7 Å². The zero-order chi connectivity index (χ0) is 27.8. The first-order valence-corrected chi connectivity index (χ1v) is 13.5. The standard InChI is InChI=1S/C31H33NO6S/c1-31(2,3)23-11-15-25(16-12-23)37-20-19-36-24-13-9-22(10-14-24)21-28-29(33)32(30(34)39-28)17-18-38-27-8-6-5-7-26(27)35-4/h5-16,21H,17-20H2,1-4H3/b28-21-. The Labute approximate surface area is 233 Å². The number of methoxy groups -OCH3 is 1. The number of ether oxygens (including phenoxy) is 4. The average molecular weight is 548 g/mol. The van der Waals surface area contributed by atoms with Crippen molar-refractivity contribution in [3.05, 3.63) is 88.8 Å². The molecule has 0 spiro atoms. The molecular weight excluding hydrogens is 514 g/mol. The number of thioether (sulfide) groups is 1. The summed E-state index contributed by atoms with van der Waals surface area (Å²) in [6.07, 6.45) is 1.71. The van der Waals surface area contributed by atoms with E-state index in [9.17, 15) is 9.59 Å². The van der Waals surface area contributed by atoms with Crippen LogP contribution in [0.25, 0.3) is 6.08 Å². The van der Waals surface area contributed by atoms with Crippen molar-refractivity contribution in [1.82, 2.24) is 4.90 Å². The van der Waals surface area contributed by atoms with Crippen LogP contribution in [0.2, 0.25) is 0 Å². The van der Waals surface area contributed by atoms with Crippen LogP contribution >= 0.6 is 11.8 Å². The Balaban J connectivity index is 1.24. The van der Waals surface area contributed by atoms with E-state index in [1.165, 1.54) is 10.5 Å². The number of nitrogens with zero attached hydrogens (tertiary/aromatic N) is 1. The predicted octanol–water partition coefficient (Wildman–Crippen LogP) is 6.57. The number of carbonyl (C=O) groups is 2. The second-order valence-corrected chi connectivity index (χ2v) is 10.9. The zero-order valence-corrected chi connectivity index (χ0v) is 23.5. The van der Waals surface area contributed by atoms with E-state index < -0.39 is 0 Å². The first kappa shape index (κ1) is 28.1. The summed E-state index contributed by atoms with van der Waals surface area (Å²) >= 11 is 0.922. The largest absolute Gasteiger partial charge is 0.493 e. The molecule has 3 aromatic carbocycles. The summed E-state index contributed by atoms with van der Waals surface area (Å²) in [5.74, 6) is 2.33. The lowest BCUT2D eigenvalue weighted by Crippen LogP contribution is -2.32. The maximum atomic E-state index is 12.8. The van der Waals surface area contributed by atoms with E-state index in [4.69, 9.17) is 18.9 Å². The number of benzene rings is 3. The lowest BCUT2D eigenvalue weighted by atomic mass is 9.87. The van der Waals surface area contributed by atoms with Crippen molar-refractivity contribution in [3.63, 3.8) is 0 Å². The zero-order valence-electron chi connectivity index (χ0n) is 22.6. The molecule has 1 heterocycles. The van der Waals surface area contributed by atoms with Crippen molar-refractivity contribution in [3.8, 4) is 23.0 Å². The van der Waals surface area contributed by atoms with Gasteiger partial charge >= 0.3 is 0 Å². The molecule has 2 amide bonds. The summed E-state index contributed by atoms with van der Waals surface area (Å²) in [5, 5.41) is -0.317. The third-order valence-electron chi connectivity index (χ3n) is 6.03. The molecule has 1 aliphatic heterocycles. The highest BCUT2D eigenvalue weighted by molar-refractivity contribution is 8.18. The molecule has 4 rings (SSSR count). The van der Waals surface area contributed by atoms with Gasteiger partial charge in [-0.25, -0.2) is 0 Å². The van der Waals surface area contributed by atoms with Crippen molar-refractivity contribution in [1.29, 1.82) is 0 Å². The highest BCUT2D eigenvalue weighted by Gasteiger charge is 2.34. The molecule has 0 aromatic heterocycles. The highest BCUT2D eigenvalue weighted by Crippen LogP contribution is 2.33. The Kier molecular flexibility index (Phi) is 9.19. The second-order valence-electron chi connectivity index (χ2n) is 9.87. The molecule has 3 aromatic rings. The van der Waals surface area contributed by atoms with Gasteiger partial charge in [0.1, 0.15) is 31.3 Å². The minimum absolute atomic E-state index is 0.106. The van der Waals surface area contributed by atoms with Crippen molar-refractivity contribution in [2.45, 2.75) is 26.2 Å². The van der Waals surface area contributed by atoms with Crippen LogP contribution in [0.3, 0.4) is 0 Å². The fourth-order valence-corrected chi connectivity index (χ4v) is 4.72. The molecule has 1 fully saturated rings. The van der Waals surface area contributed by atoms with Crippen LogP contribution in [0.4, 0.5) is 4.79 Å². The monoisotopic (exact) mass is 547 g/mol. The van der Waals surface area contributed by atoms with Crippen molar-refractivity contribution in [2.24, 2.45) is 0 Å². The molecule has 204 valence electrons. The molecule has 0 bridgehead atoms. The first-order valence-electron chi connectivity index (χ1n) is 12.7. The van der Waals surface area contributed by atoms with Crippen LogP contribution in [-0.2, 0) is 10.2 Å². The number of hydrogen-bond acceptors (Lipinski definition) is 7. The Morgan fingerprint density at radius 1 is 0.769 bits per heavy atom. The number of amides is 2. The van der Waals surface area contributed by atoms with Crippen molar-refractivity contribution < 1.29 is 28.5 Å². The van der Waals surface area contributed by atoms with Crippen LogP contribution in [0.5, 0.6) is 23.0 Å². The number of rotatable bonds is 11. The van der Waals surface area contributed by atoms with Gasteiger partial charge in [-0.15, -0.1) is 0 Å². The summed E-state index contributed by atoms with van der Waals surface area (Å²) in [7, 11) is 1.56. The molecule has 0 atom stereocenters. The lowest BCUT2D eigenvalue weighted by molar-refractivity contribution is -0.123. The SMILES string of the molecule is COc1ccccc1OCCN1C(=O)S/C(=C\c2ccc(OCCOc3ccc(C(C)(C)C)cc3)cc2)C1=O. The smallest absolute Gasteiger partial charge is 0.293 e. The molecule has 0 unspecified atom stereocenters. The summed E-state index contributed by atoms with van der Waals surface area (Å²) < 4.78 is 22.5. The Hall–Kier alpha value is -3.91. The molecule has 0 N–H and O–H groups in total. The van der Waals surface area contributed by atoms with E-state index in [0.717, 1.165) is 23.1 Å². The number of carbonyl (C=O) groups excluding carboxylic acids is 2. The Morgan fingerprint density at radius 3 is 1.95 bits per heavy atom. The molecule has 39 heavy (non-hydrogen) atoms. The van der Waals surface area contributed by atoms with E-state index in [0.29, 0.717) is 35.4 Å². The molecular formula is C31H33NO6S. The van der Waals surface area contributed by atoms with Gasteiger partial charge in [-0.2, -0.15) is 0 Å². The van der Waals surface area contributed by atoms with E-state index in [1.54, 1.807) is 25.3 Å². The quantitative estimate of drug-likeness (QED) is 0.199. The van der Waals surface area contributed by atoms with Gasteiger partial charge in [0.05, 0.1) is 18.6 Å². The number of para-hydroxylation sites is 2. The fraction of sp³-hybridized carbons (Fsp3) is 0.290. The molecule has 8 heteroatoms. The Morgan fingerprint density at radius 2 is 1.36 bits per heavy atom. The van der Waals surface area contributed by atoms with Gasteiger partial charge in [-0.05, 0) is 70.8 Å². The first-order chi connectivity index (χ1) is 18.7. The lowest BCUT2D eigenvalue weighted by Gasteiger charge is -2.19. The molecule has 1 saturated heterocycles. The van der Waals surface area contributed by atoms with E-state index in [-0.39, 0.29) is 29.7 Å². The van der Waals surface area contributed by atoms with E-state index in [2.05, 4.69) is 32.9 Å². The van der Waals surface area contributed by atoms with Gasteiger partial charge in [0.25, 0.3) is 11.1 Å². The van der Waals surface area contributed by atoms with Gasteiger partial charge in [-0.3, -0.25) is 14.5 Å². The third-order valence-corrected chi connectivity index (χ3v) is 6.94. The summed E-state index contributed by atoms with van der Waals surface area (Å²) in [5.41, 5.74) is 2.16.